The number of hydrogen-bond donors (Lipinski definition) is 2. The van der Waals surface area contributed by atoms with Gasteiger partial charge in [0.25, 0.3) is 0 Å². The van der Waals surface area contributed by atoms with Gasteiger partial charge < -0.3 is 24.8 Å². The molecule has 0 saturated carbocycles. The van der Waals surface area contributed by atoms with E-state index in [1.54, 1.807) is 21.3 Å². The second-order valence-electron chi connectivity index (χ2n) is 6.50. The van der Waals surface area contributed by atoms with Crippen molar-refractivity contribution in [3.8, 4) is 17.2 Å². The van der Waals surface area contributed by atoms with Gasteiger partial charge in [0.05, 0.1) is 21.3 Å². The molecule has 0 aliphatic heterocycles. The van der Waals surface area contributed by atoms with Gasteiger partial charge in [0.1, 0.15) is 5.75 Å². The summed E-state index contributed by atoms with van der Waals surface area (Å²) in [6.07, 6.45) is 2.80. The average molecular weight is 427 g/mol. The summed E-state index contributed by atoms with van der Waals surface area (Å²) in [6.45, 7) is 2.80. The van der Waals surface area contributed by atoms with Crippen molar-refractivity contribution in [3.05, 3.63) is 59.5 Å². The number of nitrogens with zero attached hydrogens (tertiary/aromatic N) is 2. The van der Waals surface area contributed by atoms with Gasteiger partial charge in [-0.3, -0.25) is 0 Å². The Balaban J connectivity index is 1.52. The number of hydrogen-bond acceptors (Lipinski definition) is 8. The van der Waals surface area contributed by atoms with Gasteiger partial charge >= 0.3 is 0 Å². The van der Waals surface area contributed by atoms with Crippen molar-refractivity contribution in [2.24, 2.45) is 0 Å². The molecule has 158 valence electrons. The Hall–Kier alpha value is -3.26. The molecule has 0 bridgehead atoms. The number of nitrogens with one attached hydrogen (secondary N) is 2. The van der Waals surface area contributed by atoms with Crippen molar-refractivity contribution in [3.63, 3.8) is 0 Å². The van der Waals surface area contributed by atoms with Crippen LogP contribution in [0.4, 0.5) is 10.8 Å². The zero-order valence-corrected chi connectivity index (χ0v) is 18.4. The SMILES string of the molecule is COc1ccc(Nc2nc(/C=C(\C)NCCc3ccc(OC)c(OC)c3)ns2)cc1. The quantitative estimate of drug-likeness (QED) is 0.494. The lowest BCUT2D eigenvalue weighted by Gasteiger charge is -2.10. The van der Waals surface area contributed by atoms with E-state index in [1.807, 2.05) is 55.5 Å². The summed E-state index contributed by atoms with van der Waals surface area (Å²) < 4.78 is 20.2. The van der Waals surface area contributed by atoms with E-state index in [4.69, 9.17) is 14.2 Å². The van der Waals surface area contributed by atoms with Crippen molar-refractivity contribution in [1.29, 1.82) is 0 Å². The highest BCUT2D eigenvalue weighted by Crippen LogP contribution is 2.27. The molecule has 0 aliphatic carbocycles. The third kappa shape index (κ3) is 5.87. The van der Waals surface area contributed by atoms with Gasteiger partial charge in [-0.25, -0.2) is 0 Å². The topological polar surface area (TPSA) is 77.5 Å². The Kier molecular flexibility index (Phi) is 7.51. The summed E-state index contributed by atoms with van der Waals surface area (Å²) in [7, 11) is 4.93. The molecule has 30 heavy (non-hydrogen) atoms. The predicted molar refractivity (Wildman–Crippen MR) is 121 cm³/mol. The fraction of sp³-hybridized carbons (Fsp3) is 0.273. The molecule has 1 aromatic heterocycles. The molecule has 0 fully saturated rings. The predicted octanol–water partition coefficient (Wildman–Crippen LogP) is 4.50. The van der Waals surface area contributed by atoms with Crippen LogP contribution >= 0.6 is 11.5 Å². The van der Waals surface area contributed by atoms with Crippen molar-refractivity contribution < 1.29 is 14.2 Å². The maximum atomic E-state index is 5.36. The first kappa shape index (κ1) is 21.4. The molecule has 0 amide bonds. The smallest absolute Gasteiger partial charge is 0.207 e. The Labute approximate surface area is 180 Å². The molecule has 3 aromatic rings. The summed E-state index contributed by atoms with van der Waals surface area (Å²) in [5, 5.41) is 7.39. The van der Waals surface area contributed by atoms with Crippen LogP contribution in [0.5, 0.6) is 17.2 Å². The van der Waals surface area contributed by atoms with Crippen LogP contribution in [0.2, 0.25) is 0 Å². The first-order chi connectivity index (χ1) is 14.6. The summed E-state index contributed by atoms with van der Waals surface area (Å²) in [6, 6.07) is 13.6. The molecule has 0 aliphatic rings. The van der Waals surface area contributed by atoms with Crippen LogP contribution in [-0.4, -0.2) is 37.2 Å². The minimum absolute atomic E-state index is 0.673. The highest BCUT2D eigenvalue weighted by atomic mass is 32.1. The van der Waals surface area contributed by atoms with Gasteiger partial charge in [-0.1, -0.05) is 6.07 Å². The van der Waals surface area contributed by atoms with Crippen LogP contribution in [0.1, 0.15) is 18.3 Å². The van der Waals surface area contributed by atoms with Gasteiger partial charge in [0, 0.05) is 35.5 Å². The van der Waals surface area contributed by atoms with E-state index >= 15 is 0 Å². The number of allylic oxidation sites excluding steroid dienone is 1. The van der Waals surface area contributed by atoms with E-state index in [9.17, 15) is 0 Å². The lowest BCUT2D eigenvalue weighted by atomic mass is 10.1. The van der Waals surface area contributed by atoms with Gasteiger partial charge in [-0.2, -0.15) is 9.36 Å². The van der Waals surface area contributed by atoms with E-state index in [1.165, 1.54) is 17.1 Å². The molecule has 2 N–H and O–H groups in total. The fourth-order valence-electron chi connectivity index (χ4n) is 2.83. The molecule has 1 heterocycles. The molecule has 0 radical (unpaired) electrons. The summed E-state index contributed by atoms with van der Waals surface area (Å²) in [5.74, 6) is 2.97. The summed E-state index contributed by atoms with van der Waals surface area (Å²) >= 11 is 1.32. The summed E-state index contributed by atoms with van der Waals surface area (Å²) in [4.78, 5) is 4.51. The first-order valence-corrected chi connectivity index (χ1v) is 10.3. The zero-order valence-electron chi connectivity index (χ0n) is 17.6. The molecule has 2 aromatic carbocycles. The number of methoxy groups -OCH3 is 3. The molecule has 0 unspecified atom stereocenters. The van der Waals surface area contributed by atoms with Crippen LogP contribution in [0, 0.1) is 0 Å². The van der Waals surface area contributed by atoms with Crippen molar-refractivity contribution in [1.82, 2.24) is 14.7 Å². The van der Waals surface area contributed by atoms with Crippen molar-refractivity contribution in [2.45, 2.75) is 13.3 Å². The molecule has 3 rings (SSSR count). The molecular formula is C22H26N4O3S. The maximum Gasteiger partial charge on any atom is 0.207 e. The third-order valence-electron chi connectivity index (χ3n) is 4.39. The molecule has 0 atom stereocenters. The lowest BCUT2D eigenvalue weighted by molar-refractivity contribution is 0.354. The Bertz CT molecular complexity index is 986. The van der Waals surface area contributed by atoms with Crippen LogP contribution < -0.4 is 24.8 Å². The van der Waals surface area contributed by atoms with E-state index in [2.05, 4.69) is 20.0 Å². The Morgan fingerprint density at radius 3 is 2.47 bits per heavy atom. The highest BCUT2D eigenvalue weighted by Gasteiger charge is 2.05. The second kappa shape index (κ2) is 10.5. The van der Waals surface area contributed by atoms with Gasteiger partial charge in [-0.15, -0.1) is 0 Å². The van der Waals surface area contributed by atoms with Gasteiger partial charge in [-0.05, 0) is 55.3 Å². The van der Waals surface area contributed by atoms with Gasteiger partial charge in [0.2, 0.25) is 5.13 Å². The number of ether oxygens (including phenoxy) is 3. The molecule has 0 saturated heterocycles. The average Bonchev–Trinajstić information content (AvgIpc) is 3.20. The van der Waals surface area contributed by atoms with Crippen LogP contribution in [0.15, 0.2) is 48.2 Å². The lowest BCUT2D eigenvalue weighted by Crippen LogP contribution is -2.14. The maximum absolute atomic E-state index is 5.36. The Morgan fingerprint density at radius 1 is 1.00 bits per heavy atom. The highest BCUT2D eigenvalue weighted by molar-refractivity contribution is 7.09. The van der Waals surface area contributed by atoms with Crippen LogP contribution in [-0.2, 0) is 6.42 Å². The van der Waals surface area contributed by atoms with Crippen LogP contribution in [0.3, 0.4) is 0 Å². The summed E-state index contributed by atoms with van der Waals surface area (Å²) in [5.41, 5.74) is 3.11. The zero-order chi connectivity index (χ0) is 21.3. The molecular weight excluding hydrogens is 400 g/mol. The second-order valence-corrected chi connectivity index (χ2v) is 7.26. The van der Waals surface area contributed by atoms with E-state index < -0.39 is 0 Å². The van der Waals surface area contributed by atoms with E-state index in [0.717, 1.165) is 46.7 Å². The third-order valence-corrected chi connectivity index (χ3v) is 5.04. The standard InChI is InChI=1S/C22H26N4O3S/c1-15(23-12-11-16-5-10-19(28-3)20(14-16)29-4)13-21-25-22(30-26-21)24-17-6-8-18(27-2)9-7-17/h5-10,13-14,23H,11-12H2,1-4H3,(H,24,25,26)/b15-13+. The monoisotopic (exact) mass is 426 g/mol. The number of benzene rings is 2. The van der Waals surface area contributed by atoms with Gasteiger partial charge in [0.15, 0.2) is 17.3 Å². The van der Waals surface area contributed by atoms with Crippen LogP contribution in [0.25, 0.3) is 6.08 Å². The Morgan fingerprint density at radius 2 is 1.77 bits per heavy atom. The van der Waals surface area contributed by atoms with E-state index in [0.29, 0.717) is 5.82 Å². The molecule has 8 heteroatoms. The van der Waals surface area contributed by atoms with E-state index in [-0.39, 0.29) is 0 Å². The minimum atomic E-state index is 0.673. The first-order valence-electron chi connectivity index (χ1n) is 9.49. The van der Waals surface area contributed by atoms with Crippen molar-refractivity contribution in [2.75, 3.05) is 33.2 Å². The number of anilines is 2. The minimum Gasteiger partial charge on any atom is -0.497 e. The fourth-order valence-corrected chi connectivity index (χ4v) is 3.40. The number of rotatable bonds is 10. The largest absolute Gasteiger partial charge is 0.497 e. The number of aromatic nitrogens is 2. The molecule has 0 spiro atoms. The normalized spacial score (nSPS) is 11.1. The van der Waals surface area contributed by atoms with Crippen molar-refractivity contribution >= 4 is 28.4 Å². The molecule has 7 nitrogen and oxygen atoms in total.